The van der Waals surface area contributed by atoms with E-state index < -0.39 is 17.1 Å². The van der Waals surface area contributed by atoms with E-state index in [-0.39, 0.29) is 5.78 Å². The number of Topliss-reactive ketones (excluding diaryl/α,β-unsaturated/α-hetero) is 1. The molecule has 1 aromatic carbocycles. The number of benzene rings is 1. The van der Waals surface area contributed by atoms with Crippen LogP contribution in [0.5, 0.6) is 0 Å². The lowest BCUT2D eigenvalue weighted by Gasteiger charge is -2.36. The number of alkyl carbamates (subject to hydrolysis) is 1. The van der Waals surface area contributed by atoms with Crippen molar-refractivity contribution in [3.05, 3.63) is 42.5 Å². The van der Waals surface area contributed by atoms with E-state index >= 15 is 0 Å². The van der Waals surface area contributed by atoms with Gasteiger partial charge < -0.3 is 10.1 Å². The first kappa shape index (κ1) is 19.2. The van der Waals surface area contributed by atoms with Crippen molar-refractivity contribution < 1.29 is 14.3 Å². The number of hydrogen-bond donors (Lipinski definition) is 1. The smallest absolute Gasteiger partial charge is 0.407 e. The Morgan fingerprint density at radius 2 is 1.92 bits per heavy atom. The summed E-state index contributed by atoms with van der Waals surface area (Å²) in [5.74, 6) is 0.215. The fourth-order valence-electron chi connectivity index (χ4n) is 3.33. The number of ketones is 1. The van der Waals surface area contributed by atoms with Gasteiger partial charge in [-0.25, -0.2) is 4.79 Å². The minimum Gasteiger partial charge on any atom is -0.444 e. The molecule has 0 heterocycles. The first-order valence-electron chi connectivity index (χ1n) is 8.95. The Bertz CT molecular complexity index is 630. The standard InChI is InChI=1S/C21H29NO3/c1-16(17-10-6-5-7-11-17)14-21(13-9-8-12-18(21)23)15-22-19(24)25-20(2,3)4/h5-7,10-11H,1,8-9,12-15H2,2-4H3,(H,22,24)/t21-/m0/s1. The molecule has 25 heavy (non-hydrogen) atoms. The predicted octanol–water partition coefficient (Wildman–Crippen LogP) is 4.74. The van der Waals surface area contributed by atoms with Gasteiger partial charge in [0.25, 0.3) is 0 Å². The molecule has 1 aromatic rings. The SMILES string of the molecule is C=C(C[C@]1(CNC(=O)OC(C)(C)C)CCCCC1=O)c1ccccc1. The molecule has 0 saturated heterocycles. The van der Waals surface area contributed by atoms with Gasteiger partial charge in [-0.3, -0.25) is 4.79 Å². The maximum absolute atomic E-state index is 12.7. The Balaban J connectivity index is 2.10. The molecular weight excluding hydrogens is 314 g/mol. The monoisotopic (exact) mass is 343 g/mol. The molecule has 136 valence electrons. The zero-order valence-corrected chi connectivity index (χ0v) is 15.6. The molecule has 1 atom stereocenters. The van der Waals surface area contributed by atoms with Crippen LogP contribution in [-0.2, 0) is 9.53 Å². The highest BCUT2D eigenvalue weighted by Gasteiger charge is 2.40. The van der Waals surface area contributed by atoms with E-state index in [1.54, 1.807) is 0 Å². The van der Waals surface area contributed by atoms with Crippen LogP contribution in [0.15, 0.2) is 36.9 Å². The number of amides is 1. The number of carbonyl (C=O) groups is 2. The summed E-state index contributed by atoms with van der Waals surface area (Å²) < 4.78 is 5.31. The molecule has 1 amide bonds. The van der Waals surface area contributed by atoms with Crippen molar-refractivity contribution in [2.45, 2.75) is 58.5 Å². The second-order valence-corrected chi connectivity index (χ2v) is 7.91. The minimum atomic E-state index is -0.581. The van der Waals surface area contributed by atoms with Crippen LogP contribution in [0.2, 0.25) is 0 Å². The third kappa shape index (κ3) is 5.45. The van der Waals surface area contributed by atoms with E-state index in [9.17, 15) is 9.59 Å². The molecular formula is C21H29NO3. The van der Waals surface area contributed by atoms with E-state index in [4.69, 9.17) is 4.74 Å². The molecule has 2 rings (SSSR count). The highest BCUT2D eigenvalue weighted by atomic mass is 16.6. The Labute approximate surface area is 150 Å². The summed E-state index contributed by atoms with van der Waals surface area (Å²) in [7, 11) is 0. The molecule has 0 radical (unpaired) electrons. The van der Waals surface area contributed by atoms with Crippen LogP contribution in [0.25, 0.3) is 5.57 Å². The normalized spacial score (nSPS) is 20.8. The van der Waals surface area contributed by atoms with Crippen molar-refractivity contribution in [1.82, 2.24) is 5.32 Å². The fraction of sp³-hybridized carbons (Fsp3) is 0.524. The summed E-state index contributed by atoms with van der Waals surface area (Å²) in [6, 6.07) is 9.90. The summed E-state index contributed by atoms with van der Waals surface area (Å²) in [5, 5.41) is 2.81. The number of carbonyl (C=O) groups excluding carboxylic acids is 2. The molecule has 1 N–H and O–H groups in total. The van der Waals surface area contributed by atoms with Gasteiger partial charge in [0.15, 0.2) is 0 Å². The van der Waals surface area contributed by atoms with Gasteiger partial charge in [-0.1, -0.05) is 43.3 Å². The van der Waals surface area contributed by atoms with Crippen molar-refractivity contribution in [1.29, 1.82) is 0 Å². The lowest BCUT2D eigenvalue weighted by Crippen LogP contribution is -2.46. The van der Waals surface area contributed by atoms with E-state index in [0.717, 1.165) is 30.4 Å². The van der Waals surface area contributed by atoms with Crippen molar-refractivity contribution in [3.8, 4) is 0 Å². The molecule has 1 saturated carbocycles. The van der Waals surface area contributed by atoms with Gasteiger partial charge in [-0.2, -0.15) is 0 Å². The van der Waals surface area contributed by atoms with Gasteiger partial charge in [-0.05, 0) is 51.2 Å². The summed E-state index contributed by atoms with van der Waals surface area (Å²) in [6.07, 6.45) is 3.34. The van der Waals surface area contributed by atoms with Crippen molar-refractivity contribution in [3.63, 3.8) is 0 Å². The molecule has 0 aliphatic heterocycles. The fourth-order valence-corrected chi connectivity index (χ4v) is 3.33. The van der Waals surface area contributed by atoms with Crippen LogP contribution in [0.4, 0.5) is 4.79 Å². The molecule has 1 aliphatic carbocycles. The van der Waals surface area contributed by atoms with E-state index in [2.05, 4.69) is 11.9 Å². The third-order valence-corrected chi connectivity index (χ3v) is 4.60. The average molecular weight is 343 g/mol. The highest BCUT2D eigenvalue weighted by Crippen LogP contribution is 2.40. The first-order chi connectivity index (χ1) is 11.7. The third-order valence-electron chi connectivity index (χ3n) is 4.60. The second kappa shape index (κ2) is 7.85. The molecule has 1 fully saturated rings. The summed E-state index contributed by atoms with van der Waals surface area (Å²) in [6.45, 7) is 9.96. The zero-order chi connectivity index (χ0) is 18.5. The van der Waals surface area contributed by atoms with Crippen molar-refractivity contribution in [2.24, 2.45) is 5.41 Å². The molecule has 4 nitrogen and oxygen atoms in total. The summed E-state index contributed by atoms with van der Waals surface area (Å²) in [4.78, 5) is 24.8. The predicted molar refractivity (Wildman–Crippen MR) is 100 cm³/mol. The van der Waals surface area contributed by atoms with Gasteiger partial charge in [0.1, 0.15) is 11.4 Å². The minimum absolute atomic E-state index is 0.215. The van der Waals surface area contributed by atoms with Crippen molar-refractivity contribution >= 4 is 17.4 Å². The number of nitrogens with one attached hydrogen (secondary N) is 1. The van der Waals surface area contributed by atoms with E-state index in [0.29, 0.717) is 19.4 Å². The molecule has 4 heteroatoms. The zero-order valence-electron chi connectivity index (χ0n) is 15.6. The highest BCUT2D eigenvalue weighted by molar-refractivity contribution is 5.88. The average Bonchev–Trinajstić information content (AvgIpc) is 2.55. The number of allylic oxidation sites excluding steroid dienone is 1. The molecule has 1 aliphatic rings. The maximum Gasteiger partial charge on any atom is 0.407 e. The van der Waals surface area contributed by atoms with Crippen LogP contribution in [0.1, 0.15) is 58.4 Å². The maximum atomic E-state index is 12.7. The Kier molecular flexibility index (Phi) is 6.04. The second-order valence-electron chi connectivity index (χ2n) is 7.91. The quantitative estimate of drug-likeness (QED) is 0.840. The van der Waals surface area contributed by atoms with Gasteiger partial charge in [0.2, 0.25) is 0 Å². The number of rotatable bonds is 5. The molecule has 0 spiro atoms. The Hall–Kier alpha value is -2.10. The number of ether oxygens (including phenoxy) is 1. The van der Waals surface area contributed by atoms with E-state index in [1.165, 1.54) is 0 Å². The van der Waals surface area contributed by atoms with Gasteiger partial charge in [0, 0.05) is 13.0 Å². The van der Waals surface area contributed by atoms with Crippen LogP contribution >= 0.6 is 0 Å². The van der Waals surface area contributed by atoms with Crippen LogP contribution in [0.3, 0.4) is 0 Å². The van der Waals surface area contributed by atoms with Gasteiger partial charge in [-0.15, -0.1) is 0 Å². The van der Waals surface area contributed by atoms with Crippen molar-refractivity contribution in [2.75, 3.05) is 6.54 Å². The lowest BCUT2D eigenvalue weighted by molar-refractivity contribution is -0.130. The lowest BCUT2D eigenvalue weighted by atomic mass is 9.68. The van der Waals surface area contributed by atoms with Gasteiger partial charge >= 0.3 is 6.09 Å². The Morgan fingerprint density at radius 1 is 1.24 bits per heavy atom. The van der Waals surface area contributed by atoms with Crippen LogP contribution < -0.4 is 5.32 Å². The number of hydrogen-bond acceptors (Lipinski definition) is 3. The first-order valence-corrected chi connectivity index (χ1v) is 8.95. The summed E-state index contributed by atoms with van der Waals surface area (Å²) >= 11 is 0. The van der Waals surface area contributed by atoms with E-state index in [1.807, 2.05) is 51.1 Å². The molecule has 0 bridgehead atoms. The summed E-state index contributed by atoms with van der Waals surface area (Å²) in [5.41, 5.74) is 0.836. The van der Waals surface area contributed by atoms with Gasteiger partial charge in [0.05, 0.1) is 5.41 Å². The molecule has 0 aromatic heterocycles. The Morgan fingerprint density at radius 3 is 2.52 bits per heavy atom. The van der Waals surface area contributed by atoms with Crippen LogP contribution in [-0.4, -0.2) is 24.0 Å². The molecule has 0 unspecified atom stereocenters. The largest absolute Gasteiger partial charge is 0.444 e. The van der Waals surface area contributed by atoms with Crippen LogP contribution in [0, 0.1) is 5.41 Å². The topological polar surface area (TPSA) is 55.4 Å².